The van der Waals surface area contributed by atoms with Crippen molar-refractivity contribution in [1.82, 2.24) is 14.8 Å². The highest BCUT2D eigenvalue weighted by molar-refractivity contribution is 6.31. The first-order chi connectivity index (χ1) is 12.4. The lowest BCUT2D eigenvalue weighted by Gasteiger charge is -2.43. The largest absolute Gasteiger partial charge is 0.376 e. The molecule has 1 N–H and O–H groups in total. The summed E-state index contributed by atoms with van der Waals surface area (Å²) >= 11 is 6.30. The van der Waals surface area contributed by atoms with E-state index in [1.165, 1.54) is 4.68 Å². The van der Waals surface area contributed by atoms with Crippen LogP contribution in [0.25, 0.3) is 10.9 Å². The van der Waals surface area contributed by atoms with E-state index < -0.39 is 5.54 Å². The van der Waals surface area contributed by atoms with E-state index in [0.717, 1.165) is 27.2 Å². The molecule has 0 radical (unpaired) electrons. The average Bonchev–Trinajstić information content (AvgIpc) is 2.59. The summed E-state index contributed by atoms with van der Waals surface area (Å²) in [5.41, 5.74) is 2.66. The second kappa shape index (κ2) is 6.07. The summed E-state index contributed by atoms with van der Waals surface area (Å²) in [5.74, 6) is 0.628. The van der Waals surface area contributed by atoms with Crippen molar-refractivity contribution in [2.24, 2.45) is 7.05 Å². The van der Waals surface area contributed by atoms with Crippen molar-refractivity contribution < 1.29 is 4.74 Å². The number of nitrogens with zero attached hydrogens (tertiary/aromatic N) is 3. The van der Waals surface area contributed by atoms with Crippen LogP contribution in [0.3, 0.4) is 0 Å². The van der Waals surface area contributed by atoms with Crippen molar-refractivity contribution in [2.75, 3.05) is 18.5 Å². The number of fused-ring (bicyclic) bond motifs is 1. The number of hydrogen-bond acceptors (Lipinski definition) is 5. The maximum atomic E-state index is 12.4. The highest BCUT2D eigenvalue weighted by Crippen LogP contribution is 2.37. The lowest BCUT2D eigenvalue weighted by atomic mass is 9.85. The number of hydrogen-bond donors (Lipinski definition) is 1. The molecule has 0 unspecified atom stereocenters. The molecule has 4 rings (SSSR count). The van der Waals surface area contributed by atoms with Gasteiger partial charge >= 0.3 is 0 Å². The lowest BCUT2D eigenvalue weighted by Crippen LogP contribution is -2.53. The van der Waals surface area contributed by atoms with Gasteiger partial charge in [-0.25, -0.2) is 9.67 Å². The molecule has 0 amide bonds. The minimum atomic E-state index is -0.400. The number of aryl methyl sites for hydroxylation is 2. The molecule has 0 atom stereocenters. The molecule has 6 nitrogen and oxygen atoms in total. The molecule has 1 aliphatic heterocycles. The Morgan fingerprint density at radius 3 is 2.69 bits per heavy atom. The molecule has 1 aliphatic rings. The molecule has 0 saturated carbocycles. The van der Waals surface area contributed by atoms with Crippen LogP contribution in [0.4, 0.5) is 5.82 Å². The minimum Gasteiger partial charge on any atom is -0.376 e. The van der Waals surface area contributed by atoms with E-state index in [4.69, 9.17) is 16.3 Å². The van der Waals surface area contributed by atoms with Gasteiger partial charge in [0.2, 0.25) is 0 Å². The number of rotatable bonds is 3. The van der Waals surface area contributed by atoms with E-state index >= 15 is 0 Å². The SMILES string of the molecule is Cc1c(Cl)cccc1C1(Nc2ccc3c(C)nn(C)c(=O)c3n2)COC1. The molecule has 0 spiro atoms. The van der Waals surface area contributed by atoms with Gasteiger partial charge in [-0.15, -0.1) is 0 Å². The monoisotopic (exact) mass is 370 g/mol. The molecule has 134 valence electrons. The summed E-state index contributed by atoms with van der Waals surface area (Å²) in [7, 11) is 1.63. The van der Waals surface area contributed by atoms with Gasteiger partial charge in [0.1, 0.15) is 16.9 Å². The Bertz CT molecular complexity index is 1070. The van der Waals surface area contributed by atoms with Gasteiger partial charge in [0.25, 0.3) is 5.56 Å². The molecule has 1 aromatic carbocycles. The van der Waals surface area contributed by atoms with E-state index in [9.17, 15) is 4.79 Å². The van der Waals surface area contributed by atoms with Crippen LogP contribution in [0.15, 0.2) is 35.1 Å². The minimum absolute atomic E-state index is 0.216. The Morgan fingerprint density at radius 1 is 1.23 bits per heavy atom. The van der Waals surface area contributed by atoms with Gasteiger partial charge in [0.05, 0.1) is 18.9 Å². The number of pyridine rings is 1. The molecular formula is C19H19ClN4O2. The van der Waals surface area contributed by atoms with Crippen LogP contribution in [-0.4, -0.2) is 28.0 Å². The third kappa shape index (κ3) is 2.57. The first kappa shape index (κ1) is 17.0. The van der Waals surface area contributed by atoms with Crippen molar-refractivity contribution >= 4 is 28.3 Å². The van der Waals surface area contributed by atoms with Gasteiger partial charge in [-0.05, 0) is 43.2 Å². The molecule has 1 fully saturated rings. The Balaban J connectivity index is 1.80. The van der Waals surface area contributed by atoms with Crippen molar-refractivity contribution in [3.63, 3.8) is 0 Å². The van der Waals surface area contributed by atoms with Crippen LogP contribution in [0.1, 0.15) is 16.8 Å². The number of halogens is 1. The van der Waals surface area contributed by atoms with Crippen LogP contribution >= 0.6 is 11.6 Å². The molecule has 7 heteroatoms. The number of anilines is 1. The van der Waals surface area contributed by atoms with Crippen molar-refractivity contribution in [1.29, 1.82) is 0 Å². The van der Waals surface area contributed by atoms with E-state index in [2.05, 4.69) is 15.4 Å². The Hall–Kier alpha value is -2.44. The van der Waals surface area contributed by atoms with E-state index in [-0.39, 0.29) is 5.56 Å². The summed E-state index contributed by atoms with van der Waals surface area (Å²) in [4.78, 5) is 17.0. The van der Waals surface area contributed by atoms with Gasteiger partial charge in [0, 0.05) is 17.5 Å². The lowest BCUT2D eigenvalue weighted by molar-refractivity contribution is -0.0451. The smallest absolute Gasteiger partial charge is 0.293 e. The van der Waals surface area contributed by atoms with Crippen LogP contribution in [-0.2, 0) is 17.3 Å². The standard InChI is InChI=1S/C19H19ClN4O2/c1-11-14(5-4-6-15(11)20)19(9-26-10-19)22-16-8-7-13-12(2)23-24(3)18(25)17(13)21-16/h4-8H,9-10H2,1-3H3,(H,21,22). The quantitative estimate of drug-likeness (QED) is 0.767. The van der Waals surface area contributed by atoms with Crippen molar-refractivity contribution in [3.8, 4) is 0 Å². The Kier molecular flexibility index (Phi) is 3.97. The molecule has 2 aromatic heterocycles. The first-order valence-corrected chi connectivity index (χ1v) is 8.75. The van der Waals surface area contributed by atoms with Crippen molar-refractivity contribution in [3.05, 3.63) is 62.5 Å². The fraction of sp³-hybridized carbons (Fsp3) is 0.316. The van der Waals surface area contributed by atoms with Gasteiger partial charge < -0.3 is 10.1 Å². The van der Waals surface area contributed by atoms with Crippen LogP contribution in [0.5, 0.6) is 0 Å². The third-order valence-electron chi connectivity index (χ3n) is 4.93. The first-order valence-electron chi connectivity index (χ1n) is 8.37. The summed E-state index contributed by atoms with van der Waals surface area (Å²) in [6, 6.07) is 9.61. The number of aromatic nitrogens is 3. The predicted molar refractivity (Wildman–Crippen MR) is 102 cm³/mol. The van der Waals surface area contributed by atoms with E-state index in [1.807, 2.05) is 44.2 Å². The molecular weight excluding hydrogens is 352 g/mol. The highest BCUT2D eigenvalue weighted by Gasteiger charge is 2.42. The summed E-state index contributed by atoms with van der Waals surface area (Å²) in [6.07, 6.45) is 0. The fourth-order valence-electron chi connectivity index (χ4n) is 3.43. The summed E-state index contributed by atoms with van der Waals surface area (Å²) in [6.45, 7) is 4.90. The zero-order valence-electron chi connectivity index (χ0n) is 14.8. The molecule has 3 heterocycles. The maximum Gasteiger partial charge on any atom is 0.293 e. The number of ether oxygens (including phenoxy) is 1. The molecule has 1 saturated heterocycles. The second-order valence-corrected chi connectivity index (χ2v) is 7.13. The highest BCUT2D eigenvalue weighted by atomic mass is 35.5. The van der Waals surface area contributed by atoms with E-state index in [1.54, 1.807) is 7.05 Å². The average molecular weight is 371 g/mol. The Labute approximate surface area is 155 Å². The number of benzene rings is 1. The zero-order chi connectivity index (χ0) is 18.5. The summed E-state index contributed by atoms with van der Waals surface area (Å²) < 4.78 is 6.82. The topological polar surface area (TPSA) is 69.0 Å². The van der Waals surface area contributed by atoms with Gasteiger partial charge in [-0.1, -0.05) is 23.7 Å². The second-order valence-electron chi connectivity index (χ2n) is 6.72. The van der Waals surface area contributed by atoms with Crippen molar-refractivity contribution in [2.45, 2.75) is 19.4 Å². The predicted octanol–water partition coefficient (Wildman–Crippen LogP) is 2.94. The van der Waals surface area contributed by atoms with Crippen LogP contribution < -0.4 is 10.9 Å². The third-order valence-corrected chi connectivity index (χ3v) is 5.34. The molecule has 0 aliphatic carbocycles. The van der Waals surface area contributed by atoms with Gasteiger partial charge in [-0.3, -0.25) is 4.79 Å². The zero-order valence-corrected chi connectivity index (χ0v) is 15.6. The molecule has 3 aromatic rings. The number of nitrogens with one attached hydrogen (secondary N) is 1. The molecule has 0 bridgehead atoms. The maximum absolute atomic E-state index is 12.4. The van der Waals surface area contributed by atoms with E-state index in [0.29, 0.717) is 24.5 Å². The fourth-order valence-corrected chi connectivity index (χ4v) is 3.61. The van der Waals surface area contributed by atoms with Gasteiger partial charge in [0.15, 0.2) is 0 Å². The van der Waals surface area contributed by atoms with Gasteiger partial charge in [-0.2, -0.15) is 5.10 Å². The van der Waals surface area contributed by atoms with Crippen LogP contribution in [0, 0.1) is 13.8 Å². The normalized spacial score (nSPS) is 15.7. The summed E-state index contributed by atoms with van der Waals surface area (Å²) in [5, 5.41) is 9.16. The molecule has 26 heavy (non-hydrogen) atoms. The van der Waals surface area contributed by atoms with Crippen LogP contribution in [0.2, 0.25) is 5.02 Å². The Morgan fingerprint density at radius 2 is 2.00 bits per heavy atom.